The minimum absolute atomic E-state index is 0.0267. The molecule has 18 heavy (non-hydrogen) atoms. The van der Waals surface area contributed by atoms with Crippen molar-refractivity contribution in [3.8, 4) is 11.5 Å². The number of hydrogen-bond acceptors (Lipinski definition) is 5. The van der Waals surface area contributed by atoms with Crippen molar-refractivity contribution in [2.24, 2.45) is 0 Å². The van der Waals surface area contributed by atoms with Crippen molar-refractivity contribution in [2.75, 3.05) is 13.7 Å². The average Bonchev–Trinajstić information content (AvgIpc) is 2.37. The van der Waals surface area contributed by atoms with Crippen LogP contribution in [0.3, 0.4) is 0 Å². The third kappa shape index (κ3) is 1.48. The maximum Gasteiger partial charge on any atom is 0.336 e. The fraction of sp³-hybridized carbons (Fsp3) is 0.231. The van der Waals surface area contributed by atoms with Gasteiger partial charge in [0, 0.05) is 18.6 Å². The lowest BCUT2D eigenvalue weighted by Crippen LogP contribution is -2.17. The molecule has 2 heterocycles. The summed E-state index contributed by atoms with van der Waals surface area (Å²) in [6.07, 6.45) is 0.325. The third-order valence-electron chi connectivity index (χ3n) is 2.92. The summed E-state index contributed by atoms with van der Waals surface area (Å²) < 4.78 is 15.8. The van der Waals surface area contributed by atoms with E-state index in [0.717, 1.165) is 0 Å². The Morgan fingerprint density at radius 1 is 1.28 bits per heavy atom. The van der Waals surface area contributed by atoms with Crippen LogP contribution in [-0.2, 0) is 0 Å². The number of carbonyl (C=O) groups excluding carboxylic acids is 1. The van der Waals surface area contributed by atoms with Crippen LogP contribution < -0.4 is 15.1 Å². The van der Waals surface area contributed by atoms with Crippen molar-refractivity contribution in [1.82, 2.24) is 0 Å². The fourth-order valence-electron chi connectivity index (χ4n) is 2.11. The van der Waals surface area contributed by atoms with Crippen LogP contribution in [-0.4, -0.2) is 19.5 Å². The molecule has 1 aromatic heterocycles. The lowest BCUT2D eigenvalue weighted by Gasteiger charge is -2.20. The quantitative estimate of drug-likeness (QED) is 0.717. The summed E-state index contributed by atoms with van der Waals surface area (Å²) in [5, 5.41) is 0.610. The zero-order chi connectivity index (χ0) is 12.7. The first-order chi connectivity index (χ1) is 8.70. The maximum absolute atomic E-state index is 11.9. The van der Waals surface area contributed by atoms with Crippen molar-refractivity contribution in [2.45, 2.75) is 6.42 Å². The van der Waals surface area contributed by atoms with E-state index in [9.17, 15) is 9.59 Å². The van der Waals surface area contributed by atoms with E-state index in [0.29, 0.717) is 41.1 Å². The largest absolute Gasteiger partial charge is 0.496 e. The van der Waals surface area contributed by atoms with E-state index < -0.39 is 5.63 Å². The molecule has 92 valence electrons. The Labute approximate surface area is 102 Å². The van der Waals surface area contributed by atoms with E-state index in [2.05, 4.69) is 0 Å². The number of ether oxygens (including phenoxy) is 2. The van der Waals surface area contributed by atoms with E-state index >= 15 is 0 Å². The molecule has 5 nitrogen and oxygen atoms in total. The smallest absolute Gasteiger partial charge is 0.336 e. The summed E-state index contributed by atoms with van der Waals surface area (Å²) in [4.78, 5) is 23.1. The van der Waals surface area contributed by atoms with Crippen molar-refractivity contribution in [3.05, 3.63) is 34.2 Å². The van der Waals surface area contributed by atoms with Gasteiger partial charge in [-0.3, -0.25) is 4.79 Å². The van der Waals surface area contributed by atoms with Crippen LogP contribution in [0.1, 0.15) is 16.8 Å². The van der Waals surface area contributed by atoms with Crippen LogP contribution in [0.15, 0.2) is 27.4 Å². The number of carbonyl (C=O) groups is 1. The molecule has 0 spiro atoms. The van der Waals surface area contributed by atoms with E-state index in [1.165, 1.54) is 13.2 Å². The molecule has 0 saturated carbocycles. The van der Waals surface area contributed by atoms with Gasteiger partial charge in [0.2, 0.25) is 0 Å². The first kappa shape index (κ1) is 10.8. The van der Waals surface area contributed by atoms with Crippen LogP contribution in [0, 0.1) is 0 Å². The zero-order valence-corrected chi connectivity index (χ0v) is 9.69. The molecule has 0 saturated heterocycles. The minimum Gasteiger partial charge on any atom is -0.496 e. The minimum atomic E-state index is -0.452. The Morgan fingerprint density at radius 3 is 2.89 bits per heavy atom. The Hall–Kier alpha value is -2.30. The Bertz CT molecular complexity index is 698. The highest BCUT2D eigenvalue weighted by molar-refractivity contribution is 6.07. The standard InChI is InChI=1S/C13H10O5/c1-16-10-6-9-7(2-3-11(15)18-9)13-12(10)8(14)4-5-17-13/h2-3,6H,4-5H2,1H3. The Kier molecular flexibility index (Phi) is 2.33. The van der Waals surface area contributed by atoms with Gasteiger partial charge in [-0.15, -0.1) is 0 Å². The van der Waals surface area contributed by atoms with Gasteiger partial charge in [0.1, 0.15) is 22.6 Å². The van der Waals surface area contributed by atoms with Gasteiger partial charge in [-0.25, -0.2) is 4.79 Å². The van der Waals surface area contributed by atoms with Crippen molar-refractivity contribution >= 4 is 16.8 Å². The molecule has 3 rings (SSSR count). The predicted octanol–water partition coefficient (Wildman–Crippen LogP) is 1.77. The number of benzene rings is 1. The molecule has 5 heteroatoms. The predicted molar refractivity (Wildman–Crippen MR) is 63.5 cm³/mol. The normalized spacial score (nSPS) is 14.2. The van der Waals surface area contributed by atoms with Crippen molar-refractivity contribution in [1.29, 1.82) is 0 Å². The van der Waals surface area contributed by atoms with Gasteiger partial charge in [-0.05, 0) is 6.07 Å². The summed E-state index contributed by atoms with van der Waals surface area (Å²) in [5.74, 6) is 0.780. The molecule has 0 amide bonds. The van der Waals surface area contributed by atoms with Gasteiger partial charge in [0.15, 0.2) is 5.78 Å². The van der Waals surface area contributed by atoms with Crippen molar-refractivity contribution in [3.63, 3.8) is 0 Å². The van der Waals surface area contributed by atoms with Crippen LogP contribution >= 0.6 is 0 Å². The molecule has 1 aliphatic heterocycles. The summed E-state index contributed by atoms with van der Waals surface area (Å²) in [5.41, 5.74) is 0.324. The molecule has 0 unspecified atom stereocenters. The monoisotopic (exact) mass is 246 g/mol. The van der Waals surface area contributed by atoms with Gasteiger partial charge < -0.3 is 13.9 Å². The SMILES string of the molecule is COc1cc2oc(=O)ccc2c2c1C(=O)CCO2. The maximum atomic E-state index is 11.9. The van der Waals surface area contributed by atoms with E-state index in [4.69, 9.17) is 13.9 Å². The van der Waals surface area contributed by atoms with E-state index in [1.807, 2.05) is 0 Å². The number of hydrogen-bond donors (Lipinski definition) is 0. The number of methoxy groups -OCH3 is 1. The molecule has 0 radical (unpaired) electrons. The molecule has 0 atom stereocenters. The van der Waals surface area contributed by atoms with Gasteiger partial charge in [-0.1, -0.05) is 0 Å². The van der Waals surface area contributed by atoms with Gasteiger partial charge >= 0.3 is 5.63 Å². The summed E-state index contributed by atoms with van der Waals surface area (Å²) >= 11 is 0. The van der Waals surface area contributed by atoms with Crippen LogP contribution in [0.25, 0.3) is 11.0 Å². The highest BCUT2D eigenvalue weighted by Gasteiger charge is 2.26. The molecular weight excluding hydrogens is 236 g/mol. The molecule has 1 aromatic carbocycles. The molecule has 0 N–H and O–H groups in total. The second kappa shape index (κ2) is 3.87. The number of rotatable bonds is 1. The summed E-state index contributed by atoms with van der Waals surface area (Å²) in [6, 6.07) is 4.44. The van der Waals surface area contributed by atoms with E-state index in [1.54, 1.807) is 12.1 Å². The summed E-state index contributed by atoms with van der Waals surface area (Å²) in [6.45, 7) is 0.327. The average molecular weight is 246 g/mol. The van der Waals surface area contributed by atoms with Gasteiger partial charge in [-0.2, -0.15) is 0 Å². The second-order valence-electron chi connectivity index (χ2n) is 3.97. The zero-order valence-electron chi connectivity index (χ0n) is 9.69. The number of fused-ring (bicyclic) bond motifs is 3. The topological polar surface area (TPSA) is 65.7 Å². The molecule has 0 bridgehead atoms. The first-order valence-corrected chi connectivity index (χ1v) is 5.51. The number of ketones is 1. The molecule has 1 aliphatic rings. The van der Waals surface area contributed by atoms with Gasteiger partial charge in [0.25, 0.3) is 0 Å². The third-order valence-corrected chi connectivity index (χ3v) is 2.92. The molecular formula is C13H10O5. The van der Waals surface area contributed by atoms with Crippen LogP contribution in [0.5, 0.6) is 11.5 Å². The molecule has 0 fully saturated rings. The highest BCUT2D eigenvalue weighted by Crippen LogP contribution is 2.39. The lowest BCUT2D eigenvalue weighted by atomic mass is 10.0. The number of Topliss-reactive ketones (excluding diaryl/α,β-unsaturated/α-hetero) is 1. The Morgan fingerprint density at radius 2 is 2.11 bits per heavy atom. The second-order valence-corrected chi connectivity index (χ2v) is 3.97. The molecule has 2 aromatic rings. The Balaban J connectivity index is 2.43. The first-order valence-electron chi connectivity index (χ1n) is 5.51. The van der Waals surface area contributed by atoms with Crippen molar-refractivity contribution < 1.29 is 18.7 Å². The lowest BCUT2D eigenvalue weighted by molar-refractivity contribution is 0.0930. The highest BCUT2D eigenvalue weighted by atomic mass is 16.5. The van der Waals surface area contributed by atoms with E-state index in [-0.39, 0.29) is 5.78 Å². The van der Waals surface area contributed by atoms with Crippen LogP contribution in [0.4, 0.5) is 0 Å². The molecule has 0 aliphatic carbocycles. The van der Waals surface area contributed by atoms with Crippen LogP contribution in [0.2, 0.25) is 0 Å². The van der Waals surface area contributed by atoms with Gasteiger partial charge in [0.05, 0.1) is 19.1 Å². The summed E-state index contributed by atoms with van der Waals surface area (Å²) in [7, 11) is 1.46. The fourth-order valence-corrected chi connectivity index (χ4v) is 2.11.